The Kier molecular flexibility index (Phi) is 5.62. The molecule has 2 rings (SSSR count). The molecule has 128 valence electrons. The van der Waals surface area contributed by atoms with E-state index in [1.807, 2.05) is 0 Å². The van der Waals surface area contributed by atoms with Crippen LogP contribution in [0.1, 0.15) is 5.56 Å². The van der Waals surface area contributed by atoms with Gasteiger partial charge in [0.1, 0.15) is 11.6 Å². The molecule has 0 saturated carbocycles. The fourth-order valence-electron chi connectivity index (χ4n) is 1.85. The SMILES string of the molecule is O=C(CNc1ccc(OC(F)(F)F)cc1)NCc1ccccc1F. The number of benzene rings is 2. The number of rotatable bonds is 6. The summed E-state index contributed by atoms with van der Waals surface area (Å²) in [5.74, 6) is -1.14. The zero-order valence-corrected chi connectivity index (χ0v) is 12.4. The van der Waals surface area contributed by atoms with Gasteiger partial charge in [0, 0.05) is 17.8 Å². The lowest BCUT2D eigenvalue weighted by Crippen LogP contribution is -2.29. The highest BCUT2D eigenvalue weighted by Gasteiger charge is 2.30. The highest BCUT2D eigenvalue weighted by atomic mass is 19.4. The van der Waals surface area contributed by atoms with E-state index in [4.69, 9.17) is 0 Å². The van der Waals surface area contributed by atoms with E-state index in [1.165, 1.54) is 18.2 Å². The van der Waals surface area contributed by atoms with Crippen molar-refractivity contribution in [1.82, 2.24) is 5.32 Å². The van der Waals surface area contributed by atoms with Gasteiger partial charge in [-0.2, -0.15) is 0 Å². The van der Waals surface area contributed by atoms with E-state index in [2.05, 4.69) is 15.4 Å². The van der Waals surface area contributed by atoms with E-state index >= 15 is 0 Å². The van der Waals surface area contributed by atoms with Gasteiger partial charge in [-0.15, -0.1) is 13.2 Å². The van der Waals surface area contributed by atoms with Crippen LogP contribution in [0.25, 0.3) is 0 Å². The quantitative estimate of drug-likeness (QED) is 0.791. The topological polar surface area (TPSA) is 50.4 Å². The number of carbonyl (C=O) groups excluding carboxylic acids is 1. The van der Waals surface area contributed by atoms with Gasteiger partial charge in [0.15, 0.2) is 0 Å². The third-order valence-corrected chi connectivity index (χ3v) is 2.97. The van der Waals surface area contributed by atoms with Gasteiger partial charge in [0.25, 0.3) is 0 Å². The molecule has 0 aromatic heterocycles. The van der Waals surface area contributed by atoms with Crippen molar-refractivity contribution < 1.29 is 27.1 Å². The Labute approximate surface area is 135 Å². The minimum Gasteiger partial charge on any atom is -0.406 e. The van der Waals surface area contributed by atoms with Gasteiger partial charge in [-0.3, -0.25) is 4.79 Å². The average Bonchev–Trinajstić information content (AvgIpc) is 2.52. The molecule has 8 heteroatoms. The van der Waals surface area contributed by atoms with E-state index in [1.54, 1.807) is 18.2 Å². The first-order valence-electron chi connectivity index (χ1n) is 6.93. The Morgan fingerprint density at radius 3 is 2.33 bits per heavy atom. The van der Waals surface area contributed by atoms with Crippen molar-refractivity contribution in [3.05, 3.63) is 59.9 Å². The number of halogens is 4. The fraction of sp³-hybridized carbons (Fsp3) is 0.188. The maximum absolute atomic E-state index is 13.4. The predicted molar refractivity (Wildman–Crippen MR) is 79.9 cm³/mol. The molecule has 0 aliphatic heterocycles. The van der Waals surface area contributed by atoms with Crippen molar-refractivity contribution in [1.29, 1.82) is 0 Å². The van der Waals surface area contributed by atoms with Crippen LogP contribution in [0, 0.1) is 5.82 Å². The summed E-state index contributed by atoms with van der Waals surface area (Å²) in [5.41, 5.74) is 0.810. The summed E-state index contributed by atoms with van der Waals surface area (Å²) in [7, 11) is 0. The van der Waals surface area contributed by atoms with Crippen LogP contribution in [0.15, 0.2) is 48.5 Å². The summed E-state index contributed by atoms with van der Waals surface area (Å²) < 4.78 is 53.2. The average molecular weight is 342 g/mol. The molecule has 0 heterocycles. The number of hydrogen-bond donors (Lipinski definition) is 2. The first-order valence-corrected chi connectivity index (χ1v) is 6.93. The van der Waals surface area contributed by atoms with Crippen LogP contribution < -0.4 is 15.4 Å². The van der Waals surface area contributed by atoms with Gasteiger partial charge >= 0.3 is 6.36 Å². The zero-order valence-electron chi connectivity index (χ0n) is 12.4. The number of nitrogens with one attached hydrogen (secondary N) is 2. The smallest absolute Gasteiger partial charge is 0.406 e. The summed E-state index contributed by atoms with van der Waals surface area (Å²) in [5, 5.41) is 5.28. The van der Waals surface area contributed by atoms with Crippen LogP contribution in [0.3, 0.4) is 0 Å². The molecule has 0 radical (unpaired) electrons. The van der Waals surface area contributed by atoms with Crippen molar-refractivity contribution in [3.63, 3.8) is 0 Å². The fourth-order valence-corrected chi connectivity index (χ4v) is 1.85. The molecule has 2 aromatic rings. The Bertz CT molecular complexity index is 687. The second kappa shape index (κ2) is 7.67. The largest absolute Gasteiger partial charge is 0.573 e. The van der Waals surface area contributed by atoms with Crippen LogP contribution in [0.5, 0.6) is 5.75 Å². The van der Waals surface area contributed by atoms with Crippen molar-refractivity contribution in [2.24, 2.45) is 0 Å². The lowest BCUT2D eigenvalue weighted by molar-refractivity contribution is -0.274. The van der Waals surface area contributed by atoms with Crippen LogP contribution in [-0.2, 0) is 11.3 Å². The molecule has 2 N–H and O–H groups in total. The Balaban J connectivity index is 1.78. The van der Waals surface area contributed by atoms with Crippen LogP contribution in [0.2, 0.25) is 0 Å². The summed E-state index contributed by atoms with van der Waals surface area (Å²) >= 11 is 0. The molecule has 2 aromatic carbocycles. The van der Waals surface area contributed by atoms with Gasteiger partial charge in [0.2, 0.25) is 5.91 Å². The van der Waals surface area contributed by atoms with Crippen molar-refractivity contribution in [3.8, 4) is 5.75 Å². The highest BCUT2D eigenvalue weighted by Crippen LogP contribution is 2.23. The molecule has 0 spiro atoms. The maximum Gasteiger partial charge on any atom is 0.573 e. The predicted octanol–water partition coefficient (Wildman–Crippen LogP) is 3.45. The molecule has 0 bridgehead atoms. The molecule has 0 aliphatic rings. The summed E-state index contributed by atoms with van der Waals surface area (Å²) in [6.45, 7) is -0.0561. The highest BCUT2D eigenvalue weighted by molar-refractivity contribution is 5.80. The van der Waals surface area contributed by atoms with Gasteiger partial charge in [-0.05, 0) is 30.3 Å². The van der Waals surface area contributed by atoms with Gasteiger partial charge in [-0.25, -0.2) is 4.39 Å². The Hall–Kier alpha value is -2.77. The maximum atomic E-state index is 13.4. The molecule has 0 unspecified atom stereocenters. The van der Waals surface area contributed by atoms with Crippen molar-refractivity contribution >= 4 is 11.6 Å². The first-order chi connectivity index (χ1) is 11.3. The van der Waals surface area contributed by atoms with Gasteiger partial charge in [0.05, 0.1) is 6.54 Å². The number of anilines is 1. The number of carbonyl (C=O) groups is 1. The summed E-state index contributed by atoms with van der Waals surface area (Å²) in [6.07, 6.45) is -4.75. The number of alkyl halides is 3. The van der Waals surface area contributed by atoms with E-state index in [-0.39, 0.29) is 24.7 Å². The summed E-state index contributed by atoms with van der Waals surface area (Å²) in [6, 6.07) is 11.0. The lowest BCUT2D eigenvalue weighted by atomic mass is 10.2. The Morgan fingerprint density at radius 2 is 1.71 bits per heavy atom. The molecule has 0 atom stereocenters. The zero-order chi connectivity index (χ0) is 17.6. The van der Waals surface area contributed by atoms with E-state index < -0.39 is 12.2 Å². The van der Waals surface area contributed by atoms with E-state index in [0.717, 1.165) is 12.1 Å². The molecular formula is C16H14F4N2O2. The standard InChI is InChI=1S/C16H14F4N2O2/c17-14-4-2-1-3-11(14)9-22-15(23)10-21-12-5-7-13(8-6-12)24-16(18,19)20/h1-8,21H,9-10H2,(H,22,23). The van der Waals surface area contributed by atoms with Crippen LogP contribution >= 0.6 is 0 Å². The molecule has 0 fully saturated rings. The van der Waals surface area contributed by atoms with Gasteiger partial charge in [-0.1, -0.05) is 18.2 Å². The normalized spacial score (nSPS) is 11.0. The number of amides is 1. The van der Waals surface area contributed by atoms with E-state index in [9.17, 15) is 22.4 Å². The first kappa shape index (κ1) is 17.6. The van der Waals surface area contributed by atoms with Gasteiger partial charge < -0.3 is 15.4 Å². The second-order valence-corrected chi connectivity index (χ2v) is 4.79. The van der Waals surface area contributed by atoms with Crippen molar-refractivity contribution in [2.75, 3.05) is 11.9 Å². The monoisotopic (exact) mass is 342 g/mol. The second-order valence-electron chi connectivity index (χ2n) is 4.79. The minimum absolute atomic E-state index is 0.0472. The third kappa shape index (κ3) is 5.79. The molecule has 0 aliphatic carbocycles. The van der Waals surface area contributed by atoms with E-state index in [0.29, 0.717) is 11.3 Å². The lowest BCUT2D eigenvalue weighted by Gasteiger charge is -2.11. The molecule has 1 amide bonds. The molecule has 4 nitrogen and oxygen atoms in total. The third-order valence-electron chi connectivity index (χ3n) is 2.97. The molecular weight excluding hydrogens is 328 g/mol. The van der Waals surface area contributed by atoms with Crippen LogP contribution in [-0.4, -0.2) is 18.8 Å². The summed E-state index contributed by atoms with van der Waals surface area (Å²) in [4.78, 5) is 11.7. The number of hydrogen-bond acceptors (Lipinski definition) is 3. The molecule has 24 heavy (non-hydrogen) atoms. The Morgan fingerprint density at radius 1 is 1.04 bits per heavy atom. The van der Waals surface area contributed by atoms with Crippen LogP contribution in [0.4, 0.5) is 23.2 Å². The minimum atomic E-state index is -4.75. The molecule has 0 saturated heterocycles. The van der Waals surface area contributed by atoms with Crippen molar-refractivity contribution in [2.45, 2.75) is 12.9 Å². The number of ether oxygens (including phenoxy) is 1.